The molecule has 2 fully saturated rings. The van der Waals surface area contributed by atoms with Gasteiger partial charge < -0.3 is 35.3 Å². The van der Waals surface area contributed by atoms with Crippen molar-refractivity contribution in [3.05, 3.63) is 78.4 Å². The van der Waals surface area contributed by atoms with E-state index in [0.717, 1.165) is 66.1 Å². The number of rotatable bonds is 10. The molecule has 6 rings (SSSR count). The van der Waals surface area contributed by atoms with Crippen molar-refractivity contribution in [1.29, 1.82) is 0 Å². The van der Waals surface area contributed by atoms with Crippen LogP contribution in [0.2, 0.25) is 0 Å². The molecule has 14 heteroatoms. The van der Waals surface area contributed by atoms with Crippen LogP contribution in [0.5, 0.6) is 0 Å². The van der Waals surface area contributed by atoms with E-state index >= 15 is 0 Å². The molecule has 2 saturated heterocycles. The van der Waals surface area contributed by atoms with E-state index in [2.05, 4.69) is 58.3 Å². The molecule has 0 radical (unpaired) electrons. The number of hydrogen-bond acceptors (Lipinski definition) is 10. The van der Waals surface area contributed by atoms with E-state index in [1.165, 1.54) is 0 Å². The smallest absolute Gasteiger partial charge is 0.408 e. The van der Waals surface area contributed by atoms with Gasteiger partial charge in [-0.05, 0) is 88.5 Å². The molecule has 2 aliphatic heterocycles. The number of aromatic amines is 1. The van der Waals surface area contributed by atoms with Crippen LogP contribution in [0, 0.1) is 0 Å². The Bertz CT molecular complexity index is 1910. The lowest BCUT2D eigenvalue weighted by atomic mass is 10.0. The Morgan fingerprint density at radius 1 is 1.06 bits per heavy atom. The number of nitrogens with one attached hydrogen (secondary N) is 4. The summed E-state index contributed by atoms with van der Waals surface area (Å²) in [6, 6.07) is 12.7. The second kappa shape index (κ2) is 15.9. The SMILES string of the molecule is C=C(C(=O)NC1CCCN(Cc2ccnc(C(=O)Nc3ccc(-c4cc5c(N6CCOCC6)ncnc5[nH]4)cc3)c2)C1)[C@@H](C)NC(=O)OC(C)(C)C. The molecule has 2 aliphatic rings. The van der Waals surface area contributed by atoms with Gasteiger partial charge >= 0.3 is 6.09 Å². The summed E-state index contributed by atoms with van der Waals surface area (Å²) in [6.07, 6.45) is 4.35. The first kappa shape index (κ1) is 36.5. The van der Waals surface area contributed by atoms with E-state index in [4.69, 9.17) is 9.47 Å². The number of fused-ring (bicyclic) bond motifs is 1. The van der Waals surface area contributed by atoms with Crippen LogP contribution >= 0.6 is 0 Å². The number of morpholine rings is 1. The molecule has 0 spiro atoms. The van der Waals surface area contributed by atoms with Crippen LogP contribution in [0.25, 0.3) is 22.3 Å². The maximum Gasteiger partial charge on any atom is 0.408 e. The minimum absolute atomic E-state index is 0.0802. The minimum atomic E-state index is -0.642. The van der Waals surface area contributed by atoms with E-state index in [9.17, 15) is 14.4 Å². The first-order valence-corrected chi connectivity index (χ1v) is 17.7. The Morgan fingerprint density at radius 3 is 2.58 bits per heavy atom. The third-order valence-electron chi connectivity index (χ3n) is 9.02. The average molecular weight is 710 g/mol. The number of H-pyrrole nitrogens is 1. The Morgan fingerprint density at radius 2 is 1.83 bits per heavy atom. The van der Waals surface area contributed by atoms with Crippen molar-refractivity contribution in [3.8, 4) is 11.3 Å². The summed E-state index contributed by atoms with van der Waals surface area (Å²) in [5.74, 6) is 0.283. The number of nitrogens with zero attached hydrogens (tertiary/aromatic N) is 5. The largest absolute Gasteiger partial charge is 0.444 e. The molecule has 1 aromatic carbocycles. The molecular formula is C38H47N9O5. The number of anilines is 2. The molecule has 4 aromatic rings. The summed E-state index contributed by atoms with van der Waals surface area (Å²) in [6.45, 7) is 16.0. The molecule has 274 valence electrons. The van der Waals surface area contributed by atoms with Crippen molar-refractivity contribution < 1.29 is 23.9 Å². The molecule has 4 N–H and O–H groups in total. The molecule has 3 aromatic heterocycles. The topological polar surface area (TPSA) is 167 Å². The third-order valence-corrected chi connectivity index (χ3v) is 9.02. The average Bonchev–Trinajstić information content (AvgIpc) is 3.56. The van der Waals surface area contributed by atoms with Crippen LogP contribution in [-0.4, -0.2) is 99.8 Å². The summed E-state index contributed by atoms with van der Waals surface area (Å²) >= 11 is 0. The molecule has 3 amide bonds. The maximum absolute atomic E-state index is 13.2. The van der Waals surface area contributed by atoms with Gasteiger partial charge in [0.05, 0.1) is 24.6 Å². The maximum atomic E-state index is 13.2. The predicted octanol–water partition coefficient (Wildman–Crippen LogP) is 4.66. The summed E-state index contributed by atoms with van der Waals surface area (Å²) in [5, 5.41) is 9.66. The standard InChI is InChI=1S/C38H47N9O5/c1-24(25(2)42-37(50)52-38(3,4)5)35(48)44-29-7-6-14-46(22-29)21-26-12-13-39-32(19-26)36(49)43-28-10-8-27(9-11-28)31-20-30-33(45-31)40-23-41-34(30)47-15-17-51-18-16-47/h8-13,19-20,23,25,29H,1,6-7,14-18,21-22H2,2-5H3,(H,42,50)(H,43,49)(H,44,48)(H,40,41,45)/t25-,29?/m1/s1. The van der Waals surface area contributed by atoms with Crippen LogP contribution in [-0.2, 0) is 20.8 Å². The van der Waals surface area contributed by atoms with Crippen LogP contribution < -0.4 is 20.9 Å². The quantitative estimate of drug-likeness (QED) is 0.170. The van der Waals surface area contributed by atoms with E-state index in [1.54, 1.807) is 46.3 Å². The van der Waals surface area contributed by atoms with Crippen molar-refractivity contribution >= 4 is 40.4 Å². The molecule has 2 atom stereocenters. The number of piperidine rings is 1. The Labute approximate surface area is 303 Å². The molecule has 0 bridgehead atoms. The van der Waals surface area contributed by atoms with Gasteiger partial charge in [0.25, 0.3) is 5.91 Å². The van der Waals surface area contributed by atoms with Crippen molar-refractivity contribution in [2.24, 2.45) is 0 Å². The van der Waals surface area contributed by atoms with Crippen molar-refractivity contribution in [3.63, 3.8) is 0 Å². The molecule has 0 aliphatic carbocycles. The van der Waals surface area contributed by atoms with E-state index in [1.807, 2.05) is 30.3 Å². The second-order valence-corrected chi connectivity index (χ2v) is 14.3. The molecule has 5 heterocycles. The van der Waals surface area contributed by atoms with Gasteiger partial charge in [0.2, 0.25) is 5.91 Å². The fourth-order valence-corrected chi connectivity index (χ4v) is 6.36. The zero-order valence-electron chi connectivity index (χ0n) is 30.2. The van der Waals surface area contributed by atoms with Crippen LogP contribution in [0.3, 0.4) is 0 Å². The zero-order chi connectivity index (χ0) is 36.8. The van der Waals surface area contributed by atoms with Gasteiger partial charge in [0.15, 0.2) is 0 Å². The first-order valence-electron chi connectivity index (χ1n) is 17.7. The summed E-state index contributed by atoms with van der Waals surface area (Å²) in [7, 11) is 0. The number of benzene rings is 1. The minimum Gasteiger partial charge on any atom is -0.444 e. The first-order chi connectivity index (χ1) is 24.9. The number of carbonyl (C=O) groups is 3. The third kappa shape index (κ3) is 9.30. The van der Waals surface area contributed by atoms with Crippen LogP contribution in [0.1, 0.15) is 56.6 Å². The summed E-state index contributed by atoms with van der Waals surface area (Å²) in [4.78, 5) is 59.5. The zero-order valence-corrected chi connectivity index (χ0v) is 30.2. The van der Waals surface area contributed by atoms with Crippen molar-refractivity contribution in [2.75, 3.05) is 49.6 Å². The van der Waals surface area contributed by atoms with Gasteiger partial charge in [-0.3, -0.25) is 19.5 Å². The highest BCUT2D eigenvalue weighted by atomic mass is 16.6. The number of pyridine rings is 1. The number of carbonyl (C=O) groups excluding carboxylic acids is 3. The number of aromatic nitrogens is 4. The summed E-state index contributed by atoms with van der Waals surface area (Å²) in [5.41, 5.74) is 4.16. The van der Waals surface area contributed by atoms with E-state index in [-0.39, 0.29) is 23.4 Å². The molecule has 14 nitrogen and oxygen atoms in total. The number of amides is 3. The lowest BCUT2D eigenvalue weighted by molar-refractivity contribution is -0.118. The van der Waals surface area contributed by atoms with Crippen LogP contribution in [0.15, 0.2) is 67.1 Å². The lowest BCUT2D eigenvalue weighted by Gasteiger charge is -2.33. The molecule has 52 heavy (non-hydrogen) atoms. The molecule has 0 saturated carbocycles. The fourth-order valence-electron chi connectivity index (χ4n) is 6.36. The number of alkyl carbamates (subject to hydrolysis) is 1. The van der Waals surface area contributed by atoms with E-state index < -0.39 is 17.7 Å². The normalized spacial score (nSPS) is 17.3. The number of likely N-dealkylation sites (tertiary alicyclic amines) is 1. The van der Waals surface area contributed by atoms with Gasteiger partial charge in [-0.2, -0.15) is 0 Å². The molecular weight excluding hydrogens is 662 g/mol. The summed E-state index contributed by atoms with van der Waals surface area (Å²) < 4.78 is 10.8. The fraction of sp³-hybridized carbons (Fsp3) is 0.421. The number of ether oxygens (including phenoxy) is 2. The Hall–Kier alpha value is -5.34. The van der Waals surface area contributed by atoms with E-state index in [0.29, 0.717) is 37.7 Å². The second-order valence-electron chi connectivity index (χ2n) is 14.3. The Balaban J connectivity index is 1.02. The van der Waals surface area contributed by atoms with Gasteiger partial charge in [-0.1, -0.05) is 18.7 Å². The lowest BCUT2D eigenvalue weighted by Crippen LogP contribution is -2.49. The van der Waals surface area contributed by atoms with Gasteiger partial charge in [0, 0.05) is 55.4 Å². The van der Waals surface area contributed by atoms with Gasteiger partial charge in [-0.15, -0.1) is 0 Å². The Kier molecular flexibility index (Phi) is 11.2. The van der Waals surface area contributed by atoms with Crippen molar-refractivity contribution in [1.82, 2.24) is 35.5 Å². The predicted molar refractivity (Wildman–Crippen MR) is 199 cm³/mol. The monoisotopic (exact) mass is 709 g/mol. The number of hydrogen-bond donors (Lipinski definition) is 4. The highest BCUT2D eigenvalue weighted by Gasteiger charge is 2.26. The van der Waals surface area contributed by atoms with Gasteiger partial charge in [-0.25, -0.2) is 14.8 Å². The van der Waals surface area contributed by atoms with Gasteiger partial charge in [0.1, 0.15) is 29.1 Å². The van der Waals surface area contributed by atoms with Crippen LogP contribution in [0.4, 0.5) is 16.3 Å². The van der Waals surface area contributed by atoms with Crippen molar-refractivity contribution in [2.45, 2.75) is 64.8 Å². The highest BCUT2D eigenvalue weighted by molar-refractivity contribution is 6.03. The molecule has 1 unspecified atom stereocenters. The highest BCUT2D eigenvalue weighted by Crippen LogP contribution is 2.30.